The molecule has 4 aromatic rings. The van der Waals surface area contributed by atoms with E-state index < -0.39 is 16.0 Å². The molecule has 0 bridgehead atoms. The number of rotatable bonds is 7. The number of thioether (sulfide) groups is 1. The molecule has 180 valence electrons. The van der Waals surface area contributed by atoms with Gasteiger partial charge in [-0.3, -0.25) is 5.21 Å². The Bertz CT molecular complexity index is 1480. The summed E-state index contributed by atoms with van der Waals surface area (Å²) < 4.78 is 29.6. The van der Waals surface area contributed by atoms with Crippen molar-refractivity contribution in [1.82, 2.24) is 15.7 Å². The van der Waals surface area contributed by atoms with Crippen LogP contribution in [0.3, 0.4) is 0 Å². The van der Waals surface area contributed by atoms with Crippen LogP contribution in [0.5, 0.6) is 0 Å². The van der Waals surface area contributed by atoms with Gasteiger partial charge in [0.05, 0.1) is 5.02 Å². The standard InChI is InChI=1S/C22H17Cl2N5O3S3/c23-15-8-6-14(7-9-15)20-26-27-21(34-20)16-10-19(35(31,32)29-22(25)28-30)18(11-17(16)24)33-12-13-4-2-1-3-5-13/h1-11,30H,12H2,(H3,25,28,29). The van der Waals surface area contributed by atoms with Crippen molar-refractivity contribution in [2.24, 2.45) is 10.1 Å². The maximum absolute atomic E-state index is 13.1. The van der Waals surface area contributed by atoms with Gasteiger partial charge in [0.1, 0.15) is 14.9 Å². The zero-order chi connectivity index (χ0) is 25.0. The summed E-state index contributed by atoms with van der Waals surface area (Å²) in [4.78, 5) is 0.249. The lowest BCUT2D eigenvalue weighted by molar-refractivity contribution is 0.233. The molecule has 0 spiro atoms. The largest absolute Gasteiger partial charge is 0.367 e. The molecule has 1 heterocycles. The second-order valence-corrected chi connectivity index (χ2v) is 11.4. The van der Waals surface area contributed by atoms with Crippen LogP contribution in [0.2, 0.25) is 10.0 Å². The molecule has 3 aromatic carbocycles. The monoisotopic (exact) mass is 565 g/mol. The number of hydroxylamine groups is 1. The third-order valence-corrected chi connectivity index (χ3v) is 8.78. The Morgan fingerprint density at radius 3 is 2.43 bits per heavy atom. The van der Waals surface area contributed by atoms with Crippen molar-refractivity contribution in [2.75, 3.05) is 0 Å². The van der Waals surface area contributed by atoms with Crippen LogP contribution in [-0.2, 0) is 15.8 Å². The van der Waals surface area contributed by atoms with Gasteiger partial charge >= 0.3 is 0 Å². The molecule has 4 N–H and O–H groups in total. The summed E-state index contributed by atoms with van der Waals surface area (Å²) in [7, 11) is -4.30. The van der Waals surface area contributed by atoms with Crippen LogP contribution in [0.1, 0.15) is 5.56 Å². The number of hydrogen-bond acceptors (Lipinski definition) is 7. The van der Waals surface area contributed by atoms with E-state index >= 15 is 0 Å². The Hall–Kier alpha value is -2.67. The summed E-state index contributed by atoms with van der Waals surface area (Å²) in [6.45, 7) is 0. The van der Waals surface area contributed by atoms with Crippen molar-refractivity contribution in [3.63, 3.8) is 0 Å². The number of halogens is 2. The van der Waals surface area contributed by atoms with Gasteiger partial charge in [-0.25, -0.2) is 5.48 Å². The smallest absolute Gasteiger partial charge is 0.286 e. The number of hydrogen-bond donors (Lipinski definition) is 3. The summed E-state index contributed by atoms with van der Waals surface area (Å²) in [5.41, 5.74) is 9.13. The molecule has 0 aliphatic rings. The molecule has 4 rings (SSSR count). The summed E-state index contributed by atoms with van der Waals surface area (Å²) in [6, 6.07) is 19.6. The van der Waals surface area contributed by atoms with E-state index in [1.165, 1.54) is 34.6 Å². The van der Waals surface area contributed by atoms with Gasteiger partial charge in [-0.2, -0.15) is 8.42 Å². The highest BCUT2D eigenvalue weighted by molar-refractivity contribution is 7.99. The van der Waals surface area contributed by atoms with Crippen molar-refractivity contribution in [3.8, 4) is 21.1 Å². The molecule has 0 saturated carbocycles. The maximum Gasteiger partial charge on any atom is 0.286 e. The van der Waals surface area contributed by atoms with Crippen LogP contribution in [0.15, 0.2) is 80.9 Å². The number of sulfonamides is 1. The minimum absolute atomic E-state index is 0.126. The van der Waals surface area contributed by atoms with Gasteiger partial charge in [0.15, 0.2) is 0 Å². The minimum Gasteiger partial charge on any atom is -0.367 e. The van der Waals surface area contributed by atoms with Crippen molar-refractivity contribution >= 4 is 62.3 Å². The van der Waals surface area contributed by atoms with Crippen LogP contribution in [0.25, 0.3) is 21.1 Å². The molecule has 1 aromatic heterocycles. The number of guanidine groups is 1. The van der Waals surface area contributed by atoms with E-state index in [-0.39, 0.29) is 4.90 Å². The fraction of sp³-hybridized carbons (Fsp3) is 0.0455. The van der Waals surface area contributed by atoms with Crippen molar-refractivity contribution < 1.29 is 13.6 Å². The normalized spacial score (nSPS) is 12.0. The number of benzene rings is 3. The van der Waals surface area contributed by atoms with Crippen molar-refractivity contribution in [2.45, 2.75) is 15.5 Å². The number of nitrogens with two attached hydrogens (primary N) is 1. The average Bonchev–Trinajstić information content (AvgIpc) is 3.33. The van der Waals surface area contributed by atoms with E-state index in [2.05, 4.69) is 14.6 Å². The SMILES string of the molecule is N/C(=N\S(=O)(=O)c1cc(-c2nnc(-c3ccc(Cl)cc3)s2)c(Cl)cc1SCc1ccccc1)NO. The molecule has 8 nitrogen and oxygen atoms in total. The summed E-state index contributed by atoms with van der Waals surface area (Å²) in [6.07, 6.45) is 0. The molecule has 0 amide bonds. The van der Waals surface area contributed by atoms with Crippen LogP contribution in [-0.4, -0.2) is 29.8 Å². The number of nitrogens with one attached hydrogen (secondary N) is 1. The maximum atomic E-state index is 13.1. The van der Waals surface area contributed by atoms with Crippen LogP contribution >= 0.6 is 46.3 Å². The van der Waals surface area contributed by atoms with Crippen molar-refractivity contribution in [1.29, 1.82) is 0 Å². The van der Waals surface area contributed by atoms with Crippen molar-refractivity contribution in [3.05, 3.63) is 82.3 Å². The Morgan fingerprint density at radius 2 is 1.74 bits per heavy atom. The molecule has 0 atom stereocenters. The number of nitrogens with zero attached hydrogens (tertiary/aromatic N) is 3. The Balaban J connectivity index is 1.77. The predicted octanol–water partition coefficient (Wildman–Crippen LogP) is 5.45. The first-order valence-corrected chi connectivity index (χ1v) is 13.9. The van der Waals surface area contributed by atoms with Crippen LogP contribution in [0.4, 0.5) is 0 Å². The Morgan fingerprint density at radius 1 is 1.06 bits per heavy atom. The summed E-state index contributed by atoms with van der Waals surface area (Å²) in [5.74, 6) is -0.169. The molecule has 0 aliphatic carbocycles. The Labute approximate surface area is 219 Å². The molecular formula is C22H17Cl2N5O3S3. The van der Waals surface area contributed by atoms with E-state index in [0.29, 0.717) is 36.3 Å². The third kappa shape index (κ3) is 6.13. The van der Waals surface area contributed by atoms with E-state index in [1.54, 1.807) is 18.2 Å². The molecular weight excluding hydrogens is 549 g/mol. The Kier molecular flexibility index (Phi) is 7.95. The third-order valence-electron chi connectivity index (χ3n) is 4.63. The molecule has 0 fully saturated rings. The first kappa shape index (κ1) is 25.4. The topological polar surface area (TPSA) is 131 Å². The van der Waals surface area contributed by atoms with Gasteiger partial charge in [0, 0.05) is 26.8 Å². The molecule has 0 radical (unpaired) electrons. The quantitative estimate of drug-likeness (QED) is 0.116. The van der Waals surface area contributed by atoms with E-state index in [0.717, 1.165) is 11.1 Å². The average molecular weight is 567 g/mol. The van der Waals surface area contributed by atoms with Gasteiger partial charge in [-0.1, -0.05) is 77.0 Å². The molecule has 13 heteroatoms. The fourth-order valence-corrected chi connectivity index (χ4v) is 6.76. The predicted molar refractivity (Wildman–Crippen MR) is 141 cm³/mol. The lowest BCUT2D eigenvalue weighted by Gasteiger charge is -2.11. The van der Waals surface area contributed by atoms with E-state index in [4.69, 9.17) is 34.1 Å². The molecule has 0 unspecified atom stereocenters. The van der Waals surface area contributed by atoms with E-state index in [9.17, 15) is 8.42 Å². The first-order valence-electron chi connectivity index (χ1n) is 9.87. The van der Waals surface area contributed by atoms with E-state index in [1.807, 2.05) is 42.5 Å². The second kappa shape index (κ2) is 10.9. The lowest BCUT2D eigenvalue weighted by Crippen LogP contribution is -2.29. The zero-order valence-corrected chi connectivity index (χ0v) is 21.7. The number of aromatic nitrogens is 2. The molecule has 35 heavy (non-hydrogen) atoms. The van der Waals surface area contributed by atoms with Crippen LogP contribution in [0, 0.1) is 0 Å². The highest BCUT2D eigenvalue weighted by Crippen LogP contribution is 2.40. The molecule has 0 aliphatic heterocycles. The fourth-order valence-electron chi connectivity index (χ4n) is 2.99. The second-order valence-electron chi connectivity index (χ2n) is 7.04. The highest BCUT2D eigenvalue weighted by atomic mass is 35.5. The summed E-state index contributed by atoms with van der Waals surface area (Å²) in [5, 5.41) is 19.3. The summed E-state index contributed by atoms with van der Waals surface area (Å²) >= 11 is 15.1. The minimum atomic E-state index is -4.30. The lowest BCUT2D eigenvalue weighted by atomic mass is 10.2. The van der Waals surface area contributed by atoms with Gasteiger partial charge in [0.2, 0.25) is 5.96 Å². The molecule has 0 saturated heterocycles. The van der Waals surface area contributed by atoms with Gasteiger partial charge < -0.3 is 5.73 Å². The van der Waals surface area contributed by atoms with Gasteiger partial charge in [0.25, 0.3) is 10.0 Å². The first-order chi connectivity index (χ1) is 16.8. The van der Waals surface area contributed by atoms with Gasteiger partial charge in [-0.15, -0.1) is 26.4 Å². The van der Waals surface area contributed by atoms with Gasteiger partial charge in [-0.05, 0) is 29.8 Å². The zero-order valence-electron chi connectivity index (χ0n) is 17.7. The van der Waals surface area contributed by atoms with Crippen LogP contribution < -0.4 is 11.2 Å². The highest BCUT2D eigenvalue weighted by Gasteiger charge is 2.24.